The summed E-state index contributed by atoms with van der Waals surface area (Å²) >= 11 is 0. The maximum Gasteiger partial charge on any atom is 0.0468 e. The Morgan fingerprint density at radius 2 is 1.45 bits per heavy atom. The Labute approximate surface area is 129 Å². The lowest BCUT2D eigenvalue weighted by molar-refractivity contribution is 0.0632. The van der Waals surface area contributed by atoms with Crippen molar-refractivity contribution >= 4 is 0 Å². The quantitative estimate of drug-likeness (QED) is 0.400. The summed E-state index contributed by atoms with van der Waals surface area (Å²) in [7, 11) is 0. The fourth-order valence-electron chi connectivity index (χ4n) is 2.00. The van der Waals surface area contributed by atoms with Crippen LogP contribution in [0.25, 0.3) is 0 Å². The van der Waals surface area contributed by atoms with Gasteiger partial charge in [-0.2, -0.15) is 0 Å². The van der Waals surface area contributed by atoms with Gasteiger partial charge in [-0.15, -0.1) is 0 Å². The van der Waals surface area contributed by atoms with E-state index < -0.39 is 0 Å². The van der Waals surface area contributed by atoms with Crippen LogP contribution in [0, 0.1) is 5.92 Å². The van der Waals surface area contributed by atoms with E-state index >= 15 is 0 Å². The molecule has 0 spiro atoms. The summed E-state index contributed by atoms with van der Waals surface area (Å²) in [6, 6.07) is 0. The Balaban J connectivity index is 0. The molecule has 0 atom stereocenters. The first kappa shape index (κ1) is 22.0. The fourth-order valence-corrected chi connectivity index (χ4v) is 2.00. The molecule has 1 saturated heterocycles. The molecule has 1 aliphatic rings. The highest BCUT2D eigenvalue weighted by atomic mass is 16.5. The van der Waals surface area contributed by atoms with Gasteiger partial charge >= 0.3 is 0 Å². The summed E-state index contributed by atoms with van der Waals surface area (Å²) in [5, 5.41) is 0. The first-order chi connectivity index (χ1) is 9.62. The highest BCUT2D eigenvalue weighted by Crippen LogP contribution is 2.21. The van der Waals surface area contributed by atoms with E-state index in [0.29, 0.717) is 0 Å². The molecule has 0 amide bonds. The third kappa shape index (κ3) is 20.0. The minimum absolute atomic E-state index is 0.954. The zero-order valence-electron chi connectivity index (χ0n) is 15.1. The molecule has 1 fully saturated rings. The van der Waals surface area contributed by atoms with Crippen LogP contribution in [-0.4, -0.2) is 13.2 Å². The lowest BCUT2D eigenvalue weighted by atomic mass is 9.94. The second-order valence-corrected chi connectivity index (χ2v) is 6.04. The maximum atomic E-state index is 5.35. The van der Waals surface area contributed by atoms with Gasteiger partial charge in [-0.1, -0.05) is 65.0 Å². The first-order valence-electron chi connectivity index (χ1n) is 8.83. The van der Waals surface area contributed by atoms with E-state index in [-0.39, 0.29) is 0 Å². The van der Waals surface area contributed by atoms with Crippen LogP contribution in [0.15, 0.2) is 11.6 Å². The van der Waals surface area contributed by atoms with E-state index in [0.717, 1.165) is 19.1 Å². The van der Waals surface area contributed by atoms with Crippen molar-refractivity contribution in [2.45, 2.75) is 92.9 Å². The van der Waals surface area contributed by atoms with Crippen molar-refractivity contribution in [2.75, 3.05) is 13.2 Å². The zero-order valence-corrected chi connectivity index (χ0v) is 15.1. The molecule has 1 rings (SSSR count). The number of rotatable bonds is 5. The van der Waals surface area contributed by atoms with Gasteiger partial charge in [-0.25, -0.2) is 0 Å². The van der Waals surface area contributed by atoms with Crippen molar-refractivity contribution in [1.82, 2.24) is 0 Å². The average Bonchev–Trinajstić information content (AvgIpc) is 2.41. The van der Waals surface area contributed by atoms with Gasteiger partial charge in [0, 0.05) is 13.2 Å². The van der Waals surface area contributed by atoms with Crippen molar-refractivity contribution in [3.05, 3.63) is 11.6 Å². The van der Waals surface area contributed by atoms with Crippen molar-refractivity contribution in [3.63, 3.8) is 0 Å². The first-order valence-corrected chi connectivity index (χ1v) is 8.83. The Morgan fingerprint density at radius 1 is 0.950 bits per heavy atom. The lowest BCUT2D eigenvalue weighted by Gasteiger charge is -2.21. The fraction of sp³-hybridized carbons (Fsp3) is 0.895. The van der Waals surface area contributed by atoms with Crippen molar-refractivity contribution in [2.24, 2.45) is 5.92 Å². The molecule has 122 valence electrons. The number of ether oxygens (including phenoxy) is 1. The van der Waals surface area contributed by atoms with Crippen LogP contribution in [-0.2, 0) is 4.74 Å². The molecule has 0 aromatic carbocycles. The van der Waals surface area contributed by atoms with Crippen molar-refractivity contribution in [1.29, 1.82) is 0 Å². The number of hydrogen-bond acceptors (Lipinski definition) is 1. The van der Waals surface area contributed by atoms with Gasteiger partial charge in [-0.3, -0.25) is 0 Å². The summed E-state index contributed by atoms with van der Waals surface area (Å²) in [5.41, 5.74) is 1.45. The number of unbranched alkanes of at least 4 members (excludes halogenated alkanes) is 2. The van der Waals surface area contributed by atoms with E-state index in [1.807, 2.05) is 0 Å². The Kier molecular flexibility index (Phi) is 20.6. The monoisotopic (exact) mass is 284 g/mol. The lowest BCUT2D eigenvalue weighted by Crippen LogP contribution is -2.15. The van der Waals surface area contributed by atoms with E-state index in [9.17, 15) is 0 Å². The third-order valence-electron chi connectivity index (χ3n) is 2.96. The molecule has 1 heteroatoms. The van der Waals surface area contributed by atoms with Gasteiger partial charge in [0.25, 0.3) is 0 Å². The van der Waals surface area contributed by atoms with Crippen LogP contribution in [0.1, 0.15) is 92.9 Å². The number of hydrogen-bond donors (Lipinski definition) is 0. The molecule has 0 bridgehead atoms. The van der Waals surface area contributed by atoms with Gasteiger partial charge in [0.05, 0.1) is 0 Å². The molecule has 0 aromatic rings. The Bertz CT molecular complexity index is 184. The minimum Gasteiger partial charge on any atom is -0.381 e. The third-order valence-corrected chi connectivity index (χ3v) is 2.96. The topological polar surface area (TPSA) is 9.23 Å². The van der Waals surface area contributed by atoms with Gasteiger partial charge in [0.1, 0.15) is 0 Å². The molecular formula is C19H40O. The Morgan fingerprint density at radius 3 is 1.90 bits per heavy atom. The van der Waals surface area contributed by atoms with Gasteiger partial charge in [0.2, 0.25) is 0 Å². The molecule has 1 aliphatic heterocycles. The molecule has 0 aromatic heterocycles. The molecule has 0 saturated carbocycles. The molecule has 1 nitrogen and oxygen atoms in total. The second-order valence-electron chi connectivity index (χ2n) is 6.04. The van der Waals surface area contributed by atoms with E-state index in [1.165, 1.54) is 56.9 Å². The van der Waals surface area contributed by atoms with Gasteiger partial charge in [-0.05, 0) is 45.4 Å². The summed E-state index contributed by atoms with van der Waals surface area (Å²) in [6.45, 7) is 14.9. The normalized spacial score (nSPS) is 14.5. The van der Waals surface area contributed by atoms with Crippen LogP contribution in [0.5, 0.6) is 0 Å². The molecule has 0 N–H and O–H groups in total. The average molecular weight is 285 g/mol. The summed E-state index contributed by atoms with van der Waals surface area (Å²) in [5.74, 6) is 0.954. The maximum absolute atomic E-state index is 5.35. The summed E-state index contributed by atoms with van der Waals surface area (Å²) < 4.78 is 5.35. The summed E-state index contributed by atoms with van der Waals surface area (Å²) in [6.07, 6.45) is 12.9. The van der Waals surface area contributed by atoms with Crippen LogP contribution < -0.4 is 0 Å². The zero-order chi connectivity index (χ0) is 15.6. The highest BCUT2D eigenvalue weighted by Gasteiger charge is 2.12. The predicted molar refractivity (Wildman–Crippen MR) is 93.4 cm³/mol. The molecule has 20 heavy (non-hydrogen) atoms. The van der Waals surface area contributed by atoms with Crippen molar-refractivity contribution < 1.29 is 4.74 Å². The van der Waals surface area contributed by atoms with E-state index in [4.69, 9.17) is 4.74 Å². The van der Waals surface area contributed by atoms with Crippen LogP contribution >= 0.6 is 0 Å². The van der Waals surface area contributed by atoms with Crippen molar-refractivity contribution in [3.8, 4) is 0 Å². The standard InChI is InChI=1S/C13H24O.2C3H8/c1-12(2)6-4-3-5-7-13-8-10-14-11-9-13;2*1-3-2/h6,13H,3-5,7-11H2,1-2H3;2*3H2,1-2H3. The molecular weight excluding hydrogens is 244 g/mol. The Hall–Kier alpha value is -0.300. The molecule has 1 heterocycles. The van der Waals surface area contributed by atoms with Crippen LogP contribution in [0.4, 0.5) is 0 Å². The SMILES string of the molecule is CC(C)=CCCCCC1CCOCC1.CCC.CCC. The smallest absolute Gasteiger partial charge is 0.0468 e. The largest absolute Gasteiger partial charge is 0.381 e. The van der Waals surface area contributed by atoms with Crippen LogP contribution in [0.3, 0.4) is 0 Å². The van der Waals surface area contributed by atoms with Crippen LogP contribution in [0.2, 0.25) is 0 Å². The minimum atomic E-state index is 0.954. The molecule has 0 aliphatic carbocycles. The number of allylic oxidation sites excluding steroid dienone is 2. The van der Waals surface area contributed by atoms with E-state index in [1.54, 1.807) is 0 Å². The predicted octanol–water partition coefficient (Wildman–Crippen LogP) is 6.77. The van der Waals surface area contributed by atoms with E-state index in [2.05, 4.69) is 47.6 Å². The molecule has 0 unspecified atom stereocenters. The summed E-state index contributed by atoms with van der Waals surface area (Å²) in [4.78, 5) is 0. The van der Waals surface area contributed by atoms with Gasteiger partial charge in [0.15, 0.2) is 0 Å². The second kappa shape index (κ2) is 18.7. The van der Waals surface area contributed by atoms with Gasteiger partial charge < -0.3 is 4.74 Å². The molecule has 0 radical (unpaired) electrons. The highest BCUT2D eigenvalue weighted by molar-refractivity contribution is 4.92.